The van der Waals surface area contributed by atoms with Gasteiger partial charge < -0.3 is 4.42 Å². The summed E-state index contributed by atoms with van der Waals surface area (Å²) >= 11 is 0. The van der Waals surface area contributed by atoms with Gasteiger partial charge in [-0.1, -0.05) is 60.7 Å². The molecule has 0 atom stereocenters. The summed E-state index contributed by atoms with van der Waals surface area (Å²) in [6.07, 6.45) is 0. The Hall–Kier alpha value is -3.16. The van der Waals surface area contributed by atoms with E-state index in [9.17, 15) is 13.2 Å². The molecule has 7 heteroatoms. The van der Waals surface area contributed by atoms with Crippen LogP contribution >= 0.6 is 0 Å². The second kappa shape index (κ2) is 7.69. The van der Waals surface area contributed by atoms with E-state index in [1.165, 1.54) is 21.0 Å². The van der Waals surface area contributed by atoms with Crippen molar-refractivity contribution in [1.82, 2.24) is 8.87 Å². The third-order valence-electron chi connectivity index (χ3n) is 4.81. The first-order valence-corrected chi connectivity index (χ1v) is 10.6. The summed E-state index contributed by atoms with van der Waals surface area (Å²) in [7, 11) is -2.25. The zero-order chi connectivity index (χ0) is 20.4. The van der Waals surface area contributed by atoms with Crippen molar-refractivity contribution in [1.29, 1.82) is 0 Å². The van der Waals surface area contributed by atoms with Gasteiger partial charge in [0.15, 0.2) is 5.58 Å². The van der Waals surface area contributed by atoms with E-state index in [-0.39, 0.29) is 23.6 Å². The van der Waals surface area contributed by atoms with Crippen LogP contribution in [0.25, 0.3) is 11.1 Å². The maximum Gasteiger partial charge on any atom is 0.419 e. The summed E-state index contributed by atoms with van der Waals surface area (Å²) in [4.78, 5) is 11.8. The predicted octanol–water partition coefficient (Wildman–Crippen LogP) is 3.52. The molecule has 6 nitrogen and oxygen atoms in total. The van der Waals surface area contributed by atoms with Crippen LogP contribution < -0.4 is 5.76 Å². The molecule has 0 radical (unpaired) electrons. The number of aryl methyl sites for hydroxylation is 1. The maximum atomic E-state index is 13.5. The first kappa shape index (κ1) is 19.2. The van der Waals surface area contributed by atoms with Crippen molar-refractivity contribution in [3.8, 4) is 0 Å². The highest BCUT2D eigenvalue weighted by atomic mass is 32.2. The Labute approximate surface area is 168 Å². The number of aromatic nitrogens is 1. The zero-order valence-corrected chi connectivity index (χ0v) is 16.7. The number of rotatable bonds is 6. The second-order valence-electron chi connectivity index (χ2n) is 6.80. The summed E-state index contributed by atoms with van der Waals surface area (Å²) in [6.45, 7) is 0.462. The summed E-state index contributed by atoms with van der Waals surface area (Å²) in [5.74, 6) is -0.528. The van der Waals surface area contributed by atoms with Gasteiger partial charge in [-0.2, -0.15) is 4.31 Å². The van der Waals surface area contributed by atoms with Gasteiger partial charge in [0, 0.05) is 26.2 Å². The van der Waals surface area contributed by atoms with Gasteiger partial charge in [0.1, 0.15) is 0 Å². The Morgan fingerprint density at radius 3 is 1.97 bits per heavy atom. The number of hydrogen-bond donors (Lipinski definition) is 0. The molecule has 1 aromatic heterocycles. The van der Waals surface area contributed by atoms with Crippen LogP contribution in [0.15, 0.2) is 93.0 Å². The molecule has 0 amide bonds. The summed E-state index contributed by atoms with van der Waals surface area (Å²) < 4.78 is 34.9. The smallest absolute Gasteiger partial charge is 0.408 e. The van der Waals surface area contributed by atoms with Crippen LogP contribution in [0, 0.1) is 0 Å². The number of oxazole rings is 1. The van der Waals surface area contributed by atoms with Crippen molar-refractivity contribution in [2.24, 2.45) is 7.05 Å². The van der Waals surface area contributed by atoms with Crippen LogP contribution in [-0.2, 0) is 30.2 Å². The van der Waals surface area contributed by atoms with Crippen LogP contribution in [0.2, 0.25) is 0 Å². The van der Waals surface area contributed by atoms with E-state index in [0.29, 0.717) is 5.52 Å². The normalized spacial score (nSPS) is 11.9. The molecule has 0 unspecified atom stereocenters. The van der Waals surface area contributed by atoms with Crippen LogP contribution in [0.5, 0.6) is 0 Å². The fraction of sp³-hybridized carbons (Fsp3) is 0.136. The molecule has 0 saturated heterocycles. The lowest BCUT2D eigenvalue weighted by Crippen LogP contribution is -2.30. The minimum absolute atomic E-state index is 0.0891. The van der Waals surface area contributed by atoms with Gasteiger partial charge in [0.25, 0.3) is 0 Å². The minimum atomic E-state index is -3.83. The van der Waals surface area contributed by atoms with E-state index in [1.54, 1.807) is 13.1 Å². The largest absolute Gasteiger partial charge is 0.419 e. The van der Waals surface area contributed by atoms with Gasteiger partial charge in [-0.25, -0.2) is 13.2 Å². The second-order valence-corrected chi connectivity index (χ2v) is 8.74. The molecule has 0 bridgehead atoms. The quantitative estimate of drug-likeness (QED) is 0.489. The Balaban J connectivity index is 1.76. The highest BCUT2D eigenvalue weighted by molar-refractivity contribution is 7.89. The van der Waals surface area contributed by atoms with Crippen molar-refractivity contribution in [2.45, 2.75) is 18.0 Å². The molecule has 4 rings (SSSR count). The molecule has 1 heterocycles. The third kappa shape index (κ3) is 3.87. The van der Waals surface area contributed by atoms with Gasteiger partial charge in [0.05, 0.1) is 10.4 Å². The summed E-state index contributed by atoms with van der Waals surface area (Å²) in [5.41, 5.74) is 2.57. The van der Waals surface area contributed by atoms with E-state index >= 15 is 0 Å². The van der Waals surface area contributed by atoms with E-state index in [1.807, 2.05) is 60.7 Å². The molecule has 0 aliphatic heterocycles. The molecule has 29 heavy (non-hydrogen) atoms. The molecule has 0 spiro atoms. The number of nitrogens with zero attached hydrogens (tertiary/aromatic N) is 2. The topological polar surface area (TPSA) is 72.5 Å². The Kier molecular flexibility index (Phi) is 5.08. The average molecular weight is 408 g/mol. The highest BCUT2D eigenvalue weighted by Crippen LogP contribution is 2.24. The standard InChI is InChI=1S/C22H20N2O4S/c1-23-20-13-12-19(14-21(20)28-22(23)25)29(26,27)24(15-17-8-4-2-5-9-17)16-18-10-6-3-7-11-18/h2-14H,15-16H2,1H3. The van der Waals surface area contributed by atoms with Crippen LogP contribution in [0.3, 0.4) is 0 Å². The molecule has 0 aliphatic rings. The molecular formula is C22H20N2O4S. The highest BCUT2D eigenvalue weighted by Gasteiger charge is 2.26. The van der Waals surface area contributed by atoms with Crippen LogP contribution in [0.1, 0.15) is 11.1 Å². The van der Waals surface area contributed by atoms with Gasteiger partial charge >= 0.3 is 5.76 Å². The Morgan fingerprint density at radius 1 is 0.862 bits per heavy atom. The number of hydrogen-bond acceptors (Lipinski definition) is 4. The fourth-order valence-corrected chi connectivity index (χ4v) is 4.66. The molecule has 3 aromatic carbocycles. The fourth-order valence-electron chi connectivity index (χ4n) is 3.22. The maximum absolute atomic E-state index is 13.5. The van der Waals surface area contributed by atoms with Gasteiger partial charge in [-0.3, -0.25) is 4.57 Å². The zero-order valence-electron chi connectivity index (χ0n) is 15.9. The lowest BCUT2D eigenvalue weighted by Gasteiger charge is -2.22. The lowest BCUT2D eigenvalue weighted by atomic mass is 10.2. The third-order valence-corrected chi connectivity index (χ3v) is 6.59. The van der Waals surface area contributed by atoms with Gasteiger partial charge in [-0.05, 0) is 23.3 Å². The molecule has 148 valence electrons. The SMILES string of the molecule is Cn1c(=O)oc2cc(S(=O)(=O)N(Cc3ccccc3)Cc3ccccc3)ccc21. The molecule has 0 aliphatic carbocycles. The molecular weight excluding hydrogens is 388 g/mol. The Morgan fingerprint density at radius 2 is 1.41 bits per heavy atom. The number of fused-ring (bicyclic) bond motifs is 1. The van der Waals surface area contributed by atoms with Crippen molar-refractivity contribution in [2.75, 3.05) is 0 Å². The molecule has 0 N–H and O–H groups in total. The van der Waals surface area contributed by atoms with Gasteiger partial charge in [0.2, 0.25) is 10.0 Å². The lowest BCUT2D eigenvalue weighted by molar-refractivity contribution is 0.401. The summed E-state index contributed by atoms with van der Waals surface area (Å²) in [6, 6.07) is 23.4. The van der Waals surface area contributed by atoms with E-state index in [2.05, 4.69) is 0 Å². The van der Waals surface area contributed by atoms with E-state index in [4.69, 9.17) is 4.42 Å². The van der Waals surface area contributed by atoms with Crippen LogP contribution in [0.4, 0.5) is 0 Å². The monoisotopic (exact) mass is 408 g/mol. The van der Waals surface area contributed by atoms with Crippen molar-refractivity contribution in [3.63, 3.8) is 0 Å². The first-order valence-electron chi connectivity index (χ1n) is 9.13. The van der Waals surface area contributed by atoms with Crippen molar-refractivity contribution in [3.05, 3.63) is 101 Å². The van der Waals surface area contributed by atoms with E-state index < -0.39 is 15.8 Å². The summed E-state index contributed by atoms with van der Waals surface area (Å²) in [5, 5.41) is 0. The van der Waals surface area contributed by atoms with E-state index in [0.717, 1.165) is 11.1 Å². The Bertz CT molecular complexity index is 1250. The molecule has 0 saturated carbocycles. The predicted molar refractivity (Wildman–Crippen MR) is 111 cm³/mol. The average Bonchev–Trinajstić information content (AvgIpc) is 3.02. The van der Waals surface area contributed by atoms with Crippen molar-refractivity contribution < 1.29 is 12.8 Å². The number of benzene rings is 3. The van der Waals surface area contributed by atoms with Crippen LogP contribution in [-0.4, -0.2) is 17.3 Å². The van der Waals surface area contributed by atoms with Crippen molar-refractivity contribution >= 4 is 21.1 Å². The molecule has 0 fully saturated rings. The molecule has 4 aromatic rings. The minimum Gasteiger partial charge on any atom is -0.408 e. The first-order chi connectivity index (χ1) is 13.9. The van der Waals surface area contributed by atoms with Gasteiger partial charge in [-0.15, -0.1) is 0 Å². The number of sulfonamides is 1.